The van der Waals surface area contributed by atoms with Gasteiger partial charge < -0.3 is 9.47 Å². The Bertz CT molecular complexity index is 2850. The molecule has 2 aliphatic carbocycles. The van der Waals surface area contributed by atoms with Gasteiger partial charge in [-0.1, -0.05) is 110 Å². The molecule has 1 unspecified atom stereocenters. The zero-order valence-electron chi connectivity index (χ0n) is 30.9. The number of fused-ring (bicyclic) bond motifs is 6. The smallest absolute Gasteiger partial charge is 0.207 e. The second kappa shape index (κ2) is 12.2. The summed E-state index contributed by atoms with van der Waals surface area (Å²) in [7, 11) is -3.79. The van der Waals surface area contributed by atoms with E-state index in [0.717, 1.165) is 70.3 Å². The highest BCUT2D eigenvalue weighted by Gasteiger charge is 2.58. The summed E-state index contributed by atoms with van der Waals surface area (Å²) in [6, 6.07) is 55.1. The Balaban J connectivity index is 1.13. The van der Waals surface area contributed by atoms with Crippen LogP contribution < -0.4 is 4.90 Å². The summed E-state index contributed by atoms with van der Waals surface area (Å²) in [5.74, 6) is 1.47. The number of hydrogen-bond donors (Lipinski definition) is 0. The van der Waals surface area contributed by atoms with Crippen molar-refractivity contribution < 1.29 is 8.42 Å². The number of nitrogens with zero attached hydrogens (tertiary/aromatic N) is 2. The molecule has 2 bridgehead atoms. The quantitative estimate of drug-likeness (QED) is 0.181. The third-order valence-corrected chi connectivity index (χ3v) is 15.2. The zero-order valence-corrected chi connectivity index (χ0v) is 31.7. The third kappa shape index (κ3) is 4.66. The molecule has 1 aromatic heterocycles. The van der Waals surface area contributed by atoms with Crippen molar-refractivity contribution in [1.82, 2.24) is 4.57 Å². The average molecular weight is 735 g/mol. The van der Waals surface area contributed by atoms with Crippen molar-refractivity contribution in [3.63, 3.8) is 0 Å². The molecule has 0 radical (unpaired) electrons. The molecule has 55 heavy (non-hydrogen) atoms. The van der Waals surface area contributed by atoms with Crippen LogP contribution in [-0.2, 0) is 15.3 Å². The van der Waals surface area contributed by atoms with Crippen molar-refractivity contribution in [3.05, 3.63) is 169 Å². The lowest BCUT2D eigenvalue weighted by atomic mass is 9.48. The Kier molecular flexibility index (Phi) is 7.25. The van der Waals surface area contributed by atoms with Crippen molar-refractivity contribution in [2.24, 2.45) is 17.8 Å². The van der Waals surface area contributed by atoms with Gasteiger partial charge in [0.05, 0.1) is 26.5 Å². The summed E-state index contributed by atoms with van der Waals surface area (Å²) in [4.78, 5) is 3.23. The molecule has 4 nitrogen and oxygen atoms in total. The SMILES string of the molecule is C[C@@H]1C[C@H]2CCC[C@@H](C1)C21c2ccccc2S(=O)(=O)c2cc(N(c3ccc(-n4c5ccccc5c5ccccc54)cc3)c3cccc4ccccc34)ccc21. The topological polar surface area (TPSA) is 42.3 Å². The first kappa shape index (κ1) is 32.8. The van der Waals surface area contributed by atoms with E-state index in [2.05, 4.69) is 156 Å². The minimum Gasteiger partial charge on any atom is -0.310 e. The summed E-state index contributed by atoms with van der Waals surface area (Å²) < 4.78 is 32.2. The van der Waals surface area contributed by atoms with E-state index in [0.29, 0.717) is 27.5 Å². The maximum absolute atomic E-state index is 14.9. The third-order valence-electron chi connectivity index (χ3n) is 13.3. The molecule has 2 saturated carbocycles. The first-order valence-corrected chi connectivity index (χ1v) is 21.3. The van der Waals surface area contributed by atoms with Crippen molar-refractivity contribution in [1.29, 1.82) is 0 Å². The van der Waals surface area contributed by atoms with Gasteiger partial charge in [-0.25, -0.2) is 8.42 Å². The number of aromatic nitrogens is 1. The van der Waals surface area contributed by atoms with Gasteiger partial charge in [-0.3, -0.25) is 0 Å². The maximum Gasteiger partial charge on any atom is 0.207 e. The Morgan fingerprint density at radius 1 is 0.582 bits per heavy atom. The Labute approximate surface area is 322 Å². The summed E-state index contributed by atoms with van der Waals surface area (Å²) in [5, 5.41) is 4.70. The Hall–Kier alpha value is -5.65. The lowest BCUT2D eigenvalue weighted by Gasteiger charge is -2.57. The van der Waals surface area contributed by atoms with Crippen LogP contribution in [0, 0.1) is 17.8 Å². The number of hydrogen-bond acceptors (Lipinski definition) is 3. The van der Waals surface area contributed by atoms with Crippen LogP contribution in [0.25, 0.3) is 38.3 Å². The van der Waals surface area contributed by atoms with Crippen LogP contribution in [-0.4, -0.2) is 13.0 Å². The molecule has 1 aliphatic heterocycles. The average Bonchev–Trinajstić information content (AvgIpc) is 3.55. The van der Waals surface area contributed by atoms with Crippen LogP contribution in [0.1, 0.15) is 50.2 Å². The monoisotopic (exact) mass is 734 g/mol. The molecule has 5 heteroatoms. The molecule has 0 amide bonds. The fourth-order valence-corrected chi connectivity index (χ4v) is 13.1. The fourth-order valence-electron chi connectivity index (χ4n) is 11.3. The molecule has 1 spiro atoms. The highest BCUT2D eigenvalue weighted by atomic mass is 32.2. The molecule has 0 saturated heterocycles. The van der Waals surface area contributed by atoms with E-state index in [4.69, 9.17) is 0 Å². The summed E-state index contributed by atoms with van der Waals surface area (Å²) in [5.41, 5.74) is 7.96. The van der Waals surface area contributed by atoms with E-state index >= 15 is 0 Å². The molecule has 2 fully saturated rings. The predicted octanol–water partition coefficient (Wildman–Crippen LogP) is 12.7. The molecule has 4 atom stereocenters. The van der Waals surface area contributed by atoms with Crippen LogP contribution in [0.4, 0.5) is 17.1 Å². The van der Waals surface area contributed by atoms with Gasteiger partial charge in [-0.15, -0.1) is 0 Å². The first-order valence-electron chi connectivity index (χ1n) is 19.8. The second-order valence-corrected chi connectivity index (χ2v) is 18.1. The predicted molar refractivity (Wildman–Crippen MR) is 225 cm³/mol. The van der Waals surface area contributed by atoms with E-state index in [1.165, 1.54) is 28.2 Å². The first-order chi connectivity index (χ1) is 26.9. The van der Waals surface area contributed by atoms with E-state index in [1.54, 1.807) is 0 Å². The van der Waals surface area contributed by atoms with Gasteiger partial charge in [0.25, 0.3) is 0 Å². The van der Waals surface area contributed by atoms with Crippen LogP contribution in [0.2, 0.25) is 0 Å². The van der Waals surface area contributed by atoms with E-state index in [-0.39, 0.29) is 5.41 Å². The Morgan fingerprint density at radius 3 is 1.89 bits per heavy atom. The van der Waals surface area contributed by atoms with Crippen molar-refractivity contribution in [2.45, 2.75) is 54.2 Å². The molecule has 0 N–H and O–H groups in total. The molecule has 2 heterocycles. The lowest BCUT2D eigenvalue weighted by molar-refractivity contribution is 0.0488. The van der Waals surface area contributed by atoms with Crippen molar-refractivity contribution in [2.75, 3.05) is 4.90 Å². The van der Waals surface area contributed by atoms with Crippen molar-refractivity contribution >= 4 is 59.5 Å². The standard InChI is InChI=1S/C50H42N2O2S/c1-33-30-35-14-11-15-36(31-33)50(35)43-19-6-9-23-48(43)55(53,54)49-32-39(28-29-44(49)50)51(45-22-10-13-34-12-2-3-16-40(34)45)37-24-26-38(27-25-37)52-46-20-7-4-17-41(46)42-18-5-8-21-47(42)52/h2-10,12-13,16-29,32-33,35-36H,11,14-15,30-31H2,1H3/t33-,35-,36+,50?. The number of para-hydroxylation sites is 2. The highest BCUT2D eigenvalue weighted by molar-refractivity contribution is 7.91. The summed E-state index contributed by atoms with van der Waals surface area (Å²) in [6.45, 7) is 2.39. The van der Waals surface area contributed by atoms with Gasteiger partial charge in [0, 0.05) is 38.6 Å². The number of rotatable bonds is 4. The normalized spacial score (nSPS) is 22.5. The zero-order chi connectivity index (χ0) is 36.9. The molecular weight excluding hydrogens is 693 g/mol. The molecular formula is C50H42N2O2S. The number of benzene rings is 7. The molecule has 3 aliphatic rings. The minimum atomic E-state index is -3.79. The highest BCUT2D eigenvalue weighted by Crippen LogP contribution is 2.63. The van der Waals surface area contributed by atoms with Crippen LogP contribution in [0.5, 0.6) is 0 Å². The molecule has 7 aromatic carbocycles. The fraction of sp³-hybridized carbons (Fsp3) is 0.200. The molecule has 270 valence electrons. The number of anilines is 3. The van der Waals surface area contributed by atoms with Crippen LogP contribution in [0.15, 0.2) is 168 Å². The van der Waals surface area contributed by atoms with Gasteiger partial charge in [-0.2, -0.15) is 0 Å². The lowest BCUT2D eigenvalue weighted by Crippen LogP contribution is -2.53. The molecule has 11 rings (SSSR count). The van der Waals surface area contributed by atoms with Gasteiger partial charge in [0.15, 0.2) is 0 Å². The van der Waals surface area contributed by atoms with E-state index < -0.39 is 9.84 Å². The van der Waals surface area contributed by atoms with E-state index in [9.17, 15) is 8.42 Å². The Morgan fingerprint density at radius 2 is 1.16 bits per heavy atom. The van der Waals surface area contributed by atoms with Gasteiger partial charge >= 0.3 is 0 Å². The minimum absolute atomic E-state index is 0.297. The summed E-state index contributed by atoms with van der Waals surface area (Å²) in [6.07, 6.45) is 5.75. The van der Waals surface area contributed by atoms with Crippen LogP contribution in [0.3, 0.4) is 0 Å². The second-order valence-electron chi connectivity index (χ2n) is 16.2. The molecule has 8 aromatic rings. The van der Waals surface area contributed by atoms with Gasteiger partial charge in [0.1, 0.15) is 0 Å². The summed E-state index contributed by atoms with van der Waals surface area (Å²) >= 11 is 0. The largest absolute Gasteiger partial charge is 0.310 e. The van der Waals surface area contributed by atoms with Gasteiger partial charge in [-0.05, 0) is 121 Å². The maximum atomic E-state index is 14.9. The van der Waals surface area contributed by atoms with E-state index in [1.807, 2.05) is 18.2 Å². The number of sulfone groups is 1. The van der Waals surface area contributed by atoms with Crippen molar-refractivity contribution in [3.8, 4) is 5.69 Å². The van der Waals surface area contributed by atoms with Gasteiger partial charge in [0.2, 0.25) is 9.84 Å². The van der Waals surface area contributed by atoms with Crippen LogP contribution >= 0.6 is 0 Å².